The van der Waals surface area contributed by atoms with Crippen LogP contribution in [0.1, 0.15) is 32.3 Å². The number of anilines is 1. The number of ether oxygens (including phenoxy) is 3. The highest BCUT2D eigenvalue weighted by atomic mass is 32.2. The van der Waals surface area contributed by atoms with E-state index in [1.807, 2.05) is 19.9 Å². The maximum Gasteiger partial charge on any atom is 0.264 e. The number of nitrogens with zero attached hydrogens (tertiary/aromatic N) is 2. The van der Waals surface area contributed by atoms with Crippen LogP contribution in [0.5, 0.6) is 17.2 Å². The molecule has 0 spiro atoms. The number of nitrogens with one attached hydrogen (secondary N) is 1. The molecule has 0 saturated carbocycles. The summed E-state index contributed by atoms with van der Waals surface area (Å²) in [5.74, 6) is 0.448. The zero-order valence-electron chi connectivity index (χ0n) is 24.7. The third-order valence-electron chi connectivity index (χ3n) is 6.69. The van der Waals surface area contributed by atoms with Crippen LogP contribution in [0, 0.1) is 0 Å². The summed E-state index contributed by atoms with van der Waals surface area (Å²) in [5, 5.41) is 2.88. The minimum absolute atomic E-state index is 0.0136. The Morgan fingerprint density at radius 1 is 0.857 bits per heavy atom. The van der Waals surface area contributed by atoms with Crippen molar-refractivity contribution in [3.63, 3.8) is 0 Å². The van der Waals surface area contributed by atoms with Crippen LogP contribution in [0.25, 0.3) is 0 Å². The molecule has 10 nitrogen and oxygen atoms in total. The van der Waals surface area contributed by atoms with Gasteiger partial charge in [0.1, 0.15) is 18.3 Å². The third-order valence-corrected chi connectivity index (χ3v) is 8.48. The highest BCUT2D eigenvalue weighted by Gasteiger charge is 2.34. The van der Waals surface area contributed by atoms with Crippen molar-refractivity contribution in [2.24, 2.45) is 0 Å². The number of hydrogen-bond acceptors (Lipinski definition) is 7. The van der Waals surface area contributed by atoms with Crippen LogP contribution >= 0.6 is 0 Å². The average molecular weight is 598 g/mol. The Kier molecular flexibility index (Phi) is 11.6. The van der Waals surface area contributed by atoms with Crippen molar-refractivity contribution in [3.8, 4) is 17.2 Å². The summed E-state index contributed by atoms with van der Waals surface area (Å²) < 4.78 is 45.1. The molecule has 1 atom stereocenters. The fraction of sp³-hybridized carbons (Fsp3) is 0.355. The zero-order valence-corrected chi connectivity index (χ0v) is 25.5. The molecule has 0 unspecified atom stereocenters. The van der Waals surface area contributed by atoms with E-state index < -0.39 is 28.5 Å². The molecule has 3 aromatic rings. The van der Waals surface area contributed by atoms with Crippen LogP contribution in [0.3, 0.4) is 0 Å². The molecule has 0 saturated heterocycles. The third kappa shape index (κ3) is 7.73. The molecule has 42 heavy (non-hydrogen) atoms. The topological polar surface area (TPSA) is 114 Å². The van der Waals surface area contributed by atoms with Crippen molar-refractivity contribution >= 4 is 27.5 Å². The number of carbonyl (C=O) groups excluding carboxylic acids is 2. The number of benzene rings is 3. The molecule has 2 amide bonds. The number of methoxy groups -OCH3 is 3. The maximum atomic E-state index is 14.2. The molecule has 0 aromatic heterocycles. The Hall–Kier alpha value is -4.25. The zero-order chi connectivity index (χ0) is 30.7. The van der Waals surface area contributed by atoms with Gasteiger partial charge in [0.25, 0.3) is 10.0 Å². The molecule has 0 aliphatic rings. The molecule has 0 fully saturated rings. The summed E-state index contributed by atoms with van der Waals surface area (Å²) in [5.41, 5.74) is 0.933. The standard InChI is InChI=1S/C31H39N3O7S/c1-6-18-32-31(36)27(7-2)33(21-23-12-11-13-25(19-23)39-3)30(35)22-34(42(37,38)26-14-9-8-10-15-26)24-16-17-28(40-4)29(20-24)41-5/h8-17,19-20,27H,6-7,18,21-22H2,1-5H3,(H,32,36)/t27-/m0/s1. The van der Waals surface area contributed by atoms with Gasteiger partial charge in [-0.3, -0.25) is 13.9 Å². The van der Waals surface area contributed by atoms with Crippen LogP contribution in [0.2, 0.25) is 0 Å². The lowest BCUT2D eigenvalue weighted by molar-refractivity contribution is -0.140. The van der Waals surface area contributed by atoms with Gasteiger partial charge in [-0.1, -0.05) is 44.2 Å². The molecule has 0 aliphatic carbocycles. The van der Waals surface area contributed by atoms with Gasteiger partial charge in [0.2, 0.25) is 11.8 Å². The predicted molar refractivity (Wildman–Crippen MR) is 161 cm³/mol. The average Bonchev–Trinajstić information content (AvgIpc) is 3.02. The lowest BCUT2D eigenvalue weighted by atomic mass is 10.1. The summed E-state index contributed by atoms with van der Waals surface area (Å²) in [6.45, 7) is 3.72. The van der Waals surface area contributed by atoms with Crippen molar-refractivity contribution in [3.05, 3.63) is 78.4 Å². The monoisotopic (exact) mass is 597 g/mol. The van der Waals surface area contributed by atoms with Gasteiger partial charge in [-0.05, 0) is 54.8 Å². The van der Waals surface area contributed by atoms with E-state index in [1.165, 1.54) is 37.3 Å². The van der Waals surface area contributed by atoms with Crippen molar-refractivity contribution in [2.75, 3.05) is 38.7 Å². The van der Waals surface area contributed by atoms with Crippen molar-refractivity contribution in [1.29, 1.82) is 0 Å². The Bertz CT molecular complexity index is 1450. The fourth-order valence-electron chi connectivity index (χ4n) is 4.48. The number of rotatable bonds is 15. The second-order valence-corrected chi connectivity index (χ2v) is 11.3. The van der Waals surface area contributed by atoms with Gasteiger partial charge in [0.05, 0.1) is 31.9 Å². The first-order valence-electron chi connectivity index (χ1n) is 13.7. The number of carbonyl (C=O) groups is 2. The van der Waals surface area contributed by atoms with E-state index in [9.17, 15) is 18.0 Å². The largest absolute Gasteiger partial charge is 0.497 e. The van der Waals surface area contributed by atoms with Crippen molar-refractivity contribution in [1.82, 2.24) is 10.2 Å². The van der Waals surface area contributed by atoms with Gasteiger partial charge in [-0.2, -0.15) is 0 Å². The number of amides is 2. The van der Waals surface area contributed by atoms with E-state index in [0.29, 0.717) is 30.2 Å². The molecular weight excluding hydrogens is 558 g/mol. The molecule has 0 bridgehead atoms. The van der Waals surface area contributed by atoms with E-state index in [-0.39, 0.29) is 23.0 Å². The van der Waals surface area contributed by atoms with Crippen LogP contribution in [0.15, 0.2) is 77.7 Å². The van der Waals surface area contributed by atoms with E-state index in [1.54, 1.807) is 55.6 Å². The lowest BCUT2D eigenvalue weighted by Crippen LogP contribution is -2.52. The first-order valence-corrected chi connectivity index (χ1v) is 15.1. The summed E-state index contributed by atoms with van der Waals surface area (Å²) in [7, 11) is 0.258. The summed E-state index contributed by atoms with van der Waals surface area (Å²) in [6.07, 6.45) is 1.06. The predicted octanol–water partition coefficient (Wildman–Crippen LogP) is 4.24. The van der Waals surface area contributed by atoms with Gasteiger partial charge < -0.3 is 24.4 Å². The highest BCUT2D eigenvalue weighted by molar-refractivity contribution is 7.92. The Morgan fingerprint density at radius 3 is 2.19 bits per heavy atom. The Morgan fingerprint density at radius 2 is 1.57 bits per heavy atom. The molecule has 3 rings (SSSR count). The normalized spacial score (nSPS) is 11.7. The van der Waals surface area contributed by atoms with Gasteiger partial charge >= 0.3 is 0 Å². The quantitative estimate of drug-likeness (QED) is 0.279. The van der Waals surface area contributed by atoms with E-state index >= 15 is 0 Å². The molecule has 11 heteroatoms. The van der Waals surface area contributed by atoms with Gasteiger partial charge in [0, 0.05) is 19.2 Å². The van der Waals surface area contributed by atoms with E-state index in [2.05, 4.69) is 5.32 Å². The Balaban J connectivity index is 2.10. The smallest absolute Gasteiger partial charge is 0.264 e. The van der Waals surface area contributed by atoms with Crippen molar-refractivity contribution in [2.45, 2.75) is 44.2 Å². The minimum Gasteiger partial charge on any atom is -0.497 e. The molecule has 0 heterocycles. The molecule has 0 radical (unpaired) electrons. The number of sulfonamides is 1. The molecule has 0 aliphatic heterocycles. The number of hydrogen-bond donors (Lipinski definition) is 1. The van der Waals surface area contributed by atoms with Crippen LogP contribution in [-0.2, 0) is 26.2 Å². The first-order chi connectivity index (χ1) is 20.2. The lowest BCUT2D eigenvalue weighted by Gasteiger charge is -2.33. The molecule has 3 aromatic carbocycles. The van der Waals surface area contributed by atoms with Crippen LogP contribution in [0.4, 0.5) is 5.69 Å². The van der Waals surface area contributed by atoms with E-state index in [4.69, 9.17) is 14.2 Å². The second-order valence-electron chi connectivity index (χ2n) is 9.45. The first kappa shape index (κ1) is 32.3. The molecule has 226 valence electrons. The van der Waals surface area contributed by atoms with Crippen molar-refractivity contribution < 1.29 is 32.2 Å². The summed E-state index contributed by atoms with van der Waals surface area (Å²) >= 11 is 0. The van der Waals surface area contributed by atoms with Crippen LogP contribution in [-0.4, -0.2) is 65.6 Å². The SMILES string of the molecule is CCCNC(=O)[C@H](CC)N(Cc1cccc(OC)c1)C(=O)CN(c1ccc(OC)c(OC)c1)S(=O)(=O)c1ccccc1. The van der Waals surface area contributed by atoms with E-state index in [0.717, 1.165) is 16.3 Å². The molecular formula is C31H39N3O7S. The fourth-order valence-corrected chi connectivity index (χ4v) is 5.91. The summed E-state index contributed by atoms with van der Waals surface area (Å²) in [4.78, 5) is 28.8. The second kappa shape index (κ2) is 15.1. The Labute approximate surface area is 248 Å². The van der Waals surface area contributed by atoms with Gasteiger partial charge in [0.15, 0.2) is 11.5 Å². The van der Waals surface area contributed by atoms with Gasteiger partial charge in [-0.25, -0.2) is 8.42 Å². The maximum absolute atomic E-state index is 14.2. The van der Waals surface area contributed by atoms with Crippen LogP contribution < -0.4 is 23.8 Å². The van der Waals surface area contributed by atoms with Gasteiger partial charge in [-0.15, -0.1) is 0 Å². The summed E-state index contributed by atoms with van der Waals surface area (Å²) in [6, 6.07) is 18.9. The minimum atomic E-state index is -4.21. The molecule has 1 N–H and O–H groups in total. The highest BCUT2D eigenvalue weighted by Crippen LogP contribution is 2.34.